The van der Waals surface area contributed by atoms with E-state index in [1.165, 1.54) is 11.3 Å². The molecule has 0 saturated heterocycles. The summed E-state index contributed by atoms with van der Waals surface area (Å²) in [6.07, 6.45) is 0. The van der Waals surface area contributed by atoms with Crippen LogP contribution in [0.5, 0.6) is 5.75 Å². The van der Waals surface area contributed by atoms with Crippen molar-refractivity contribution in [2.75, 3.05) is 11.9 Å². The smallest absolute Gasteiger partial charge is 0.264 e. The minimum atomic E-state index is -0.240. The first-order chi connectivity index (χ1) is 9.02. The molecule has 0 fully saturated rings. The summed E-state index contributed by atoms with van der Waals surface area (Å²) in [5, 5.41) is 11.6. The zero-order chi connectivity index (χ0) is 13.8. The van der Waals surface area contributed by atoms with E-state index in [1.807, 2.05) is 32.9 Å². The molecule has 1 amide bonds. The van der Waals surface area contributed by atoms with Crippen molar-refractivity contribution in [2.45, 2.75) is 20.8 Å². The zero-order valence-electron chi connectivity index (χ0n) is 11.1. The van der Waals surface area contributed by atoms with Crippen molar-refractivity contribution in [3.05, 3.63) is 34.3 Å². The number of carbonyl (C=O) groups excluding carboxylic acids is 1. The number of nitrogens with one attached hydrogen (secondary N) is 1. The Morgan fingerprint density at radius 1 is 1.21 bits per heavy atom. The summed E-state index contributed by atoms with van der Waals surface area (Å²) in [6, 6.07) is 5.85. The molecule has 0 atom stereocenters. The van der Waals surface area contributed by atoms with Gasteiger partial charge in [-0.1, -0.05) is 17.4 Å². The van der Waals surface area contributed by atoms with Crippen molar-refractivity contribution in [3.8, 4) is 5.75 Å². The van der Waals surface area contributed by atoms with Gasteiger partial charge in [0.2, 0.25) is 5.13 Å². The lowest BCUT2D eigenvalue weighted by molar-refractivity contribution is -0.118. The Morgan fingerprint density at radius 2 is 1.89 bits per heavy atom. The number of rotatable bonds is 4. The number of aromatic nitrogens is 2. The van der Waals surface area contributed by atoms with Crippen molar-refractivity contribution in [2.24, 2.45) is 0 Å². The van der Waals surface area contributed by atoms with Gasteiger partial charge in [-0.3, -0.25) is 10.1 Å². The molecule has 1 heterocycles. The Labute approximate surface area is 115 Å². The van der Waals surface area contributed by atoms with Gasteiger partial charge in [-0.2, -0.15) is 0 Å². The molecule has 2 aromatic rings. The number of carbonyl (C=O) groups is 1. The number of nitrogens with zero attached hydrogens (tertiary/aromatic N) is 2. The molecule has 1 aromatic heterocycles. The van der Waals surface area contributed by atoms with E-state index < -0.39 is 0 Å². The quantitative estimate of drug-likeness (QED) is 0.932. The van der Waals surface area contributed by atoms with E-state index in [1.54, 1.807) is 0 Å². The van der Waals surface area contributed by atoms with Crippen LogP contribution in [0.1, 0.15) is 16.1 Å². The number of benzene rings is 1. The van der Waals surface area contributed by atoms with Gasteiger partial charge in [0.25, 0.3) is 5.91 Å². The van der Waals surface area contributed by atoms with Crippen LogP contribution in [0.2, 0.25) is 0 Å². The van der Waals surface area contributed by atoms with Gasteiger partial charge in [0.05, 0.1) is 0 Å². The maximum absolute atomic E-state index is 11.7. The molecule has 0 aliphatic heterocycles. The van der Waals surface area contributed by atoms with Gasteiger partial charge in [0.1, 0.15) is 10.8 Å². The number of hydrogen-bond acceptors (Lipinski definition) is 5. The monoisotopic (exact) mass is 277 g/mol. The van der Waals surface area contributed by atoms with E-state index in [2.05, 4.69) is 21.6 Å². The van der Waals surface area contributed by atoms with Crippen LogP contribution in [0.15, 0.2) is 18.2 Å². The summed E-state index contributed by atoms with van der Waals surface area (Å²) >= 11 is 1.33. The highest BCUT2D eigenvalue weighted by molar-refractivity contribution is 7.15. The molecular weight excluding hydrogens is 262 g/mol. The third-order valence-corrected chi connectivity index (χ3v) is 3.09. The summed E-state index contributed by atoms with van der Waals surface area (Å²) in [7, 11) is 0. The summed E-state index contributed by atoms with van der Waals surface area (Å²) in [4.78, 5) is 11.7. The predicted molar refractivity (Wildman–Crippen MR) is 74.7 cm³/mol. The Kier molecular flexibility index (Phi) is 4.11. The summed E-state index contributed by atoms with van der Waals surface area (Å²) < 4.78 is 5.45. The highest BCUT2D eigenvalue weighted by Gasteiger charge is 2.07. The minimum Gasteiger partial charge on any atom is -0.484 e. The maximum atomic E-state index is 11.7. The van der Waals surface area contributed by atoms with E-state index in [0.717, 1.165) is 16.1 Å². The lowest BCUT2D eigenvalue weighted by Crippen LogP contribution is -2.20. The molecule has 0 aliphatic carbocycles. The number of aryl methyl sites for hydroxylation is 3. The molecule has 1 aromatic carbocycles. The van der Waals surface area contributed by atoms with E-state index in [-0.39, 0.29) is 12.5 Å². The first-order valence-corrected chi connectivity index (χ1v) is 6.65. The lowest BCUT2D eigenvalue weighted by Gasteiger charge is -2.07. The first-order valence-electron chi connectivity index (χ1n) is 5.84. The molecule has 0 unspecified atom stereocenters. The van der Waals surface area contributed by atoms with Gasteiger partial charge in [-0.05, 0) is 44.0 Å². The van der Waals surface area contributed by atoms with E-state index in [9.17, 15) is 4.79 Å². The first kappa shape index (κ1) is 13.5. The fourth-order valence-electron chi connectivity index (χ4n) is 1.67. The van der Waals surface area contributed by atoms with Crippen LogP contribution in [0.3, 0.4) is 0 Å². The molecule has 19 heavy (non-hydrogen) atoms. The Balaban J connectivity index is 1.89. The standard InChI is InChI=1S/C13H15N3O2S/c1-8-4-9(2)6-11(5-8)18-7-12(17)14-13-16-15-10(3)19-13/h4-6H,7H2,1-3H3,(H,14,16,17). The second-order valence-electron chi connectivity index (χ2n) is 4.29. The zero-order valence-corrected chi connectivity index (χ0v) is 11.9. The van der Waals surface area contributed by atoms with Crippen LogP contribution in [0.25, 0.3) is 0 Å². The fraction of sp³-hybridized carbons (Fsp3) is 0.308. The Hall–Kier alpha value is -1.95. The molecule has 0 bridgehead atoms. The highest BCUT2D eigenvalue weighted by atomic mass is 32.1. The third-order valence-electron chi connectivity index (χ3n) is 2.34. The SMILES string of the molecule is Cc1cc(C)cc(OCC(=O)Nc2nnc(C)s2)c1. The Bertz CT molecular complexity index is 575. The van der Waals surface area contributed by atoms with Crippen molar-refractivity contribution in [3.63, 3.8) is 0 Å². The van der Waals surface area contributed by atoms with Crippen LogP contribution in [-0.2, 0) is 4.79 Å². The van der Waals surface area contributed by atoms with Gasteiger partial charge in [0.15, 0.2) is 6.61 Å². The number of hydrogen-bond donors (Lipinski definition) is 1. The molecule has 6 heteroatoms. The van der Waals surface area contributed by atoms with Crippen LogP contribution in [0, 0.1) is 20.8 Å². The number of amides is 1. The largest absolute Gasteiger partial charge is 0.484 e. The molecule has 2 rings (SSSR count). The minimum absolute atomic E-state index is 0.0402. The highest BCUT2D eigenvalue weighted by Crippen LogP contribution is 2.17. The predicted octanol–water partition coefficient (Wildman–Crippen LogP) is 2.48. The molecule has 0 radical (unpaired) electrons. The normalized spacial score (nSPS) is 10.3. The van der Waals surface area contributed by atoms with Gasteiger partial charge < -0.3 is 4.74 Å². The van der Waals surface area contributed by atoms with Gasteiger partial charge >= 0.3 is 0 Å². The van der Waals surface area contributed by atoms with Crippen molar-refractivity contribution < 1.29 is 9.53 Å². The van der Waals surface area contributed by atoms with E-state index in [0.29, 0.717) is 10.9 Å². The summed E-state index contributed by atoms with van der Waals surface area (Å²) in [5.41, 5.74) is 2.21. The van der Waals surface area contributed by atoms with E-state index >= 15 is 0 Å². The van der Waals surface area contributed by atoms with E-state index in [4.69, 9.17) is 4.74 Å². The average Bonchev–Trinajstić information content (AvgIpc) is 2.71. The Morgan fingerprint density at radius 3 is 2.47 bits per heavy atom. The molecular formula is C13H15N3O2S. The van der Waals surface area contributed by atoms with Gasteiger partial charge in [-0.25, -0.2) is 0 Å². The molecule has 1 N–H and O–H groups in total. The third kappa shape index (κ3) is 4.03. The average molecular weight is 277 g/mol. The van der Waals surface area contributed by atoms with Crippen LogP contribution >= 0.6 is 11.3 Å². The van der Waals surface area contributed by atoms with Crippen molar-refractivity contribution in [1.82, 2.24) is 10.2 Å². The second-order valence-corrected chi connectivity index (χ2v) is 5.47. The molecule has 0 saturated carbocycles. The molecule has 5 nitrogen and oxygen atoms in total. The van der Waals surface area contributed by atoms with Crippen molar-refractivity contribution >= 4 is 22.4 Å². The van der Waals surface area contributed by atoms with Gasteiger partial charge in [-0.15, -0.1) is 10.2 Å². The topological polar surface area (TPSA) is 64.1 Å². The van der Waals surface area contributed by atoms with Crippen LogP contribution < -0.4 is 10.1 Å². The fourth-order valence-corrected chi connectivity index (χ4v) is 2.28. The molecule has 0 aliphatic rings. The number of ether oxygens (including phenoxy) is 1. The maximum Gasteiger partial charge on any atom is 0.264 e. The van der Waals surface area contributed by atoms with Gasteiger partial charge in [0, 0.05) is 0 Å². The second kappa shape index (κ2) is 5.79. The molecule has 0 spiro atoms. The lowest BCUT2D eigenvalue weighted by atomic mass is 10.1. The van der Waals surface area contributed by atoms with Crippen LogP contribution in [-0.4, -0.2) is 22.7 Å². The number of anilines is 1. The van der Waals surface area contributed by atoms with Crippen LogP contribution in [0.4, 0.5) is 5.13 Å². The van der Waals surface area contributed by atoms with Crippen molar-refractivity contribution in [1.29, 1.82) is 0 Å². The summed E-state index contributed by atoms with van der Waals surface area (Å²) in [5.74, 6) is 0.455. The molecule has 100 valence electrons. The summed E-state index contributed by atoms with van der Waals surface area (Å²) in [6.45, 7) is 5.77.